The van der Waals surface area contributed by atoms with Crippen molar-refractivity contribution < 1.29 is 14.6 Å². The molecule has 4 rings (SSSR count). The van der Waals surface area contributed by atoms with Crippen LogP contribution in [0.4, 0.5) is 0 Å². The summed E-state index contributed by atoms with van der Waals surface area (Å²) in [4.78, 5) is 19.1. The van der Waals surface area contributed by atoms with E-state index in [-0.39, 0.29) is 12.5 Å². The normalized spacial score (nSPS) is 21.2. The minimum absolute atomic E-state index is 0.0154. The van der Waals surface area contributed by atoms with Crippen LogP contribution in [-0.4, -0.2) is 57.0 Å². The van der Waals surface area contributed by atoms with Gasteiger partial charge >= 0.3 is 0 Å². The maximum atomic E-state index is 13.3. The third kappa shape index (κ3) is 2.90. The second-order valence-corrected chi connectivity index (χ2v) is 7.38. The summed E-state index contributed by atoms with van der Waals surface area (Å²) in [6.45, 7) is 2.33. The number of hydrogen-bond acceptors (Lipinski definition) is 5. The van der Waals surface area contributed by atoms with E-state index in [1.807, 2.05) is 0 Å². The Labute approximate surface area is 156 Å². The largest absolute Gasteiger partial charge is 0.382 e. The lowest BCUT2D eigenvalue weighted by atomic mass is 9.77. The van der Waals surface area contributed by atoms with Gasteiger partial charge in [0, 0.05) is 18.1 Å². The fourth-order valence-electron chi connectivity index (χ4n) is 3.79. The molecule has 1 atom stereocenters. The van der Waals surface area contributed by atoms with E-state index in [0.29, 0.717) is 49.7 Å². The van der Waals surface area contributed by atoms with Crippen LogP contribution in [0, 0.1) is 5.41 Å². The molecule has 2 heterocycles. The average Bonchev–Trinajstić information content (AvgIpc) is 3.34. The predicted molar refractivity (Wildman–Crippen MR) is 94.4 cm³/mol. The zero-order chi connectivity index (χ0) is 18.2. The third-order valence-electron chi connectivity index (χ3n) is 5.43. The number of halogens is 1. The highest BCUT2D eigenvalue weighted by Gasteiger charge is 2.65. The monoisotopic (exact) mass is 376 g/mol. The number of aromatic nitrogens is 3. The number of carbonyl (C=O) groups is 1. The molecule has 138 valence electrons. The van der Waals surface area contributed by atoms with Crippen molar-refractivity contribution in [2.75, 3.05) is 26.3 Å². The summed E-state index contributed by atoms with van der Waals surface area (Å²) in [5, 5.41) is 16.5. The van der Waals surface area contributed by atoms with Gasteiger partial charge in [-0.05, 0) is 30.5 Å². The lowest BCUT2D eigenvalue weighted by molar-refractivity contribution is -0.156. The number of hydrogen-bond donors (Lipinski definition) is 1. The number of rotatable bonds is 5. The third-order valence-corrected chi connectivity index (χ3v) is 5.68. The van der Waals surface area contributed by atoms with E-state index in [4.69, 9.17) is 16.3 Å². The number of nitrogens with zero attached hydrogens (tertiary/aromatic N) is 4. The Hall–Kier alpha value is -1.96. The maximum absolute atomic E-state index is 13.3. The molecular weight excluding hydrogens is 356 g/mol. The van der Waals surface area contributed by atoms with Crippen molar-refractivity contribution in [3.05, 3.63) is 47.5 Å². The molecule has 2 aromatic rings. The van der Waals surface area contributed by atoms with E-state index >= 15 is 0 Å². The summed E-state index contributed by atoms with van der Waals surface area (Å²) in [6.07, 6.45) is 4.25. The Kier molecular flexibility index (Phi) is 4.46. The molecule has 1 aliphatic carbocycles. The Bertz CT molecular complexity index is 770. The van der Waals surface area contributed by atoms with Gasteiger partial charge in [0.2, 0.25) is 5.91 Å². The van der Waals surface area contributed by atoms with Gasteiger partial charge < -0.3 is 14.7 Å². The lowest BCUT2D eigenvalue weighted by Crippen LogP contribution is -2.53. The minimum Gasteiger partial charge on any atom is -0.382 e. The van der Waals surface area contributed by atoms with Crippen LogP contribution in [0.25, 0.3) is 0 Å². The molecule has 0 bridgehead atoms. The second kappa shape index (κ2) is 6.64. The van der Waals surface area contributed by atoms with Crippen LogP contribution in [0.3, 0.4) is 0 Å². The first-order valence-corrected chi connectivity index (χ1v) is 9.11. The molecular formula is C18H21ClN4O3. The first-order valence-electron chi connectivity index (χ1n) is 8.73. The number of amides is 1. The van der Waals surface area contributed by atoms with E-state index in [0.717, 1.165) is 0 Å². The first kappa shape index (κ1) is 17.5. The van der Waals surface area contributed by atoms with Gasteiger partial charge in [-0.15, -0.1) is 0 Å². The quantitative estimate of drug-likeness (QED) is 0.854. The van der Waals surface area contributed by atoms with Gasteiger partial charge in [-0.1, -0.05) is 23.7 Å². The van der Waals surface area contributed by atoms with Crippen molar-refractivity contribution in [1.82, 2.24) is 19.7 Å². The summed E-state index contributed by atoms with van der Waals surface area (Å²) >= 11 is 6.02. The van der Waals surface area contributed by atoms with Crippen molar-refractivity contribution in [3.8, 4) is 0 Å². The molecule has 1 aliphatic heterocycles. The number of benzene rings is 1. The molecule has 2 aliphatic rings. The van der Waals surface area contributed by atoms with E-state index in [9.17, 15) is 9.90 Å². The Morgan fingerprint density at radius 3 is 2.54 bits per heavy atom. The Balaban J connectivity index is 1.72. The van der Waals surface area contributed by atoms with Gasteiger partial charge in [-0.2, -0.15) is 5.10 Å². The molecule has 1 aromatic carbocycles. The van der Waals surface area contributed by atoms with Crippen LogP contribution in [0.2, 0.25) is 5.02 Å². The predicted octanol–water partition coefficient (Wildman–Crippen LogP) is 1.46. The smallest absolute Gasteiger partial charge is 0.232 e. The van der Waals surface area contributed by atoms with Gasteiger partial charge in [0.15, 0.2) is 0 Å². The number of morpholine rings is 1. The van der Waals surface area contributed by atoms with Crippen LogP contribution >= 0.6 is 11.6 Å². The molecule has 7 nitrogen and oxygen atoms in total. The Morgan fingerprint density at radius 2 is 1.96 bits per heavy atom. The molecule has 2 fully saturated rings. The number of carbonyl (C=O) groups excluding carboxylic acids is 1. The molecule has 1 N–H and O–H groups in total. The molecule has 0 radical (unpaired) electrons. The van der Waals surface area contributed by atoms with Crippen molar-refractivity contribution in [1.29, 1.82) is 0 Å². The lowest BCUT2D eigenvalue weighted by Gasteiger charge is -2.40. The fraction of sp³-hybridized carbons (Fsp3) is 0.500. The van der Waals surface area contributed by atoms with Crippen LogP contribution in [-0.2, 0) is 21.7 Å². The van der Waals surface area contributed by atoms with Crippen molar-refractivity contribution >= 4 is 17.5 Å². The highest BCUT2D eigenvalue weighted by Crippen LogP contribution is 2.60. The molecule has 1 saturated carbocycles. The van der Waals surface area contributed by atoms with Gasteiger partial charge in [-0.3, -0.25) is 4.79 Å². The molecule has 1 saturated heterocycles. The van der Waals surface area contributed by atoms with Crippen LogP contribution < -0.4 is 0 Å². The molecule has 1 amide bonds. The minimum atomic E-state index is -1.39. The first-order chi connectivity index (χ1) is 12.6. The molecule has 1 aromatic heterocycles. The van der Waals surface area contributed by atoms with E-state index < -0.39 is 11.0 Å². The maximum Gasteiger partial charge on any atom is 0.232 e. The highest BCUT2D eigenvalue weighted by molar-refractivity contribution is 6.30. The summed E-state index contributed by atoms with van der Waals surface area (Å²) in [6, 6.07) is 7.04. The van der Waals surface area contributed by atoms with Crippen molar-refractivity contribution in [3.63, 3.8) is 0 Å². The van der Waals surface area contributed by atoms with Gasteiger partial charge in [0.25, 0.3) is 0 Å². The van der Waals surface area contributed by atoms with E-state index in [1.165, 1.54) is 6.33 Å². The zero-order valence-corrected chi connectivity index (χ0v) is 15.1. The molecule has 8 heteroatoms. The van der Waals surface area contributed by atoms with Crippen LogP contribution in [0.1, 0.15) is 18.4 Å². The molecule has 0 spiro atoms. The van der Waals surface area contributed by atoms with E-state index in [2.05, 4.69) is 10.1 Å². The number of ether oxygens (including phenoxy) is 1. The summed E-state index contributed by atoms with van der Waals surface area (Å²) in [5.74, 6) is -0.0154. The highest BCUT2D eigenvalue weighted by atomic mass is 35.5. The summed E-state index contributed by atoms with van der Waals surface area (Å²) in [5.41, 5.74) is -1.58. The second-order valence-electron chi connectivity index (χ2n) is 6.95. The SMILES string of the molecule is O=C(N1CCOCC1)C1(C(O)(Cn2cncn2)c2ccc(Cl)cc2)CC1. The zero-order valence-electron chi connectivity index (χ0n) is 14.3. The van der Waals surface area contributed by atoms with Gasteiger partial charge in [0.05, 0.1) is 25.2 Å². The van der Waals surface area contributed by atoms with E-state index in [1.54, 1.807) is 40.2 Å². The number of aliphatic hydroxyl groups is 1. The van der Waals surface area contributed by atoms with Crippen LogP contribution in [0.5, 0.6) is 0 Å². The van der Waals surface area contributed by atoms with Crippen molar-refractivity contribution in [2.24, 2.45) is 5.41 Å². The van der Waals surface area contributed by atoms with Crippen LogP contribution in [0.15, 0.2) is 36.9 Å². The molecule has 26 heavy (non-hydrogen) atoms. The molecule has 1 unspecified atom stereocenters. The average molecular weight is 377 g/mol. The van der Waals surface area contributed by atoms with Crippen molar-refractivity contribution in [2.45, 2.75) is 25.0 Å². The Morgan fingerprint density at radius 1 is 1.27 bits per heavy atom. The fourth-order valence-corrected chi connectivity index (χ4v) is 3.92. The summed E-state index contributed by atoms with van der Waals surface area (Å²) < 4.78 is 6.93. The van der Waals surface area contributed by atoms with Gasteiger partial charge in [-0.25, -0.2) is 9.67 Å². The topological polar surface area (TPSA) is 80.5 Å². The standard InChI is InChI=1S/C18H21ClN4O3/c19-15-3-1-14(2-4-15)18(25,11-23-13-20-12-21-23)17(5-6-17)16(24)22-7-9-26-10-8-22/h1-4,12-13,25H,5-11H2. The summed E-state index contributed by atoms with van der Waals surface area (Å²) in [7, 11) is 0. The van der Waals surface area contributed by atoms with Gasteiger partial charge in [0.1, 0.15) is 18.3 Å².